The number of anilines is 2. The van der Waals surface area contributed by atoms with Crippen molar-refractivity contribution in [3.63, 3.8) is 0 Å². The van der Waals surface area contributed by atoms with Crippen LogP contribution in [0.4, 0.5) is 11.8 Å². The second-order valence-electron chi connectivity index (χ2n) is 8.56. The van der Waals surface area contributed by atoms with Crippen molar-refractivity contribution in [3.05, 3.63) is 82.7 Å². The number of aromatic nitrogens is 3. The third-order valence-corrected chi connectivity index (χ3v) is 6.14. The molecular formula is C26H27N5O. The van der Waals surface area contributed by atoms with E-state index in [0.29, 0.717) is 24.0 Å². The maximum absolute atomic E-state index is 13.1. The van der Waals surface area contributed by atoms with Gasteiger partial charge in [0.2, 0.25) is 5.95 Å². The number of carbonyl (C=O) groups is 1. The molecule has 4 aromatic rings. The Hall–Kier alpha value is -3.67. The molecule has 1 aliphatic rings. The van der Waals surface area contributed by atoms with Gasteiger partial charge < -0.3 is 10.3 Å². The number of nitrogens with one attached hydrogen (secondary N) is 3. The number of amides is 1. The maximum atomic E-state index is 13.1. The summed E-state index contributed by atoms with van der Waals surface area (Å²) in [6, 6.07) is 17.9. The lowest BCUT2D eigenvalue weighted by atomic mass is 9.87. The van der Waals surface area contributed by atoms with Crippen LogP contribution in [0.3, 0.4) is 0 Å². The Balaban J connectivity index is 1.46. The van der Waals surface area contributed by atoms with Crippen LogP contribution in [0, 0.1) is 6.92 Å². The second kappa shape index (κ2) is 8.46. The molecule has 1 amide bonds. The summed E-state index contributed by atoms with van der Waals surface area (Å²) < 4.78 is 0. The number of nitrogens with zero attached hydrogens (tertiary/aromatic N) is 2. The summed E-state index contributed by atoms with van der Waals surface area (Å²) in [6.07, 6.45) is 3.12. The lowest BCUT2D eigenvalue weighted by Crippen LogP contribution is -2.20. The first-order valence-corrected chi connectivity index (χ1v) is 11.2. The molecule has 0 saturated heterocycles. The molecule has 1 atom stereocenters. The molecule has 6 heteroatoms. The van der Waals surface area contributed by atoms with Crippen molar-refractivity contribution in [1.82, 2.24) is 15.0 Å². The van der Waals surface area contributed by atoms with Crippen molar-refractivity contribution < 1.29 is 4.79 Å². The molecule has 5 rings (SSSR count). The molecule has 0 radical (unpaired) electrons. The molecule has 1 unspecified atom stereocenters. The highest BCUT2D eigenvalue weighted by atomic mass is 16.1. The lowest BCUT2D eigenvalue weighted by Gasteiger charge is -2.25. The minimum absolute atomic E-state index is 0.201. The molecule has 2 aromatic heterocycles. The normalized spacial score (nSPS) is 15.4. The molecule has 0 saturated carbocycles. The van der Waals surface area contributed by atoms with Crippen molar-refractivity contribution in [2.75, 3.05) is 10.6 Å². The van der Waals surface area contributed by atoms with Crippen molar-refractivity contribution in [2.45, 2.75) is 45.6 Å². The standard InChI is InChI=1S/C26H27N5O/c1-16-8-6-13-22-23(16)24(27-15-18-9-4-3-5-10-18)30-26(29-22)31-25(32)19-11-7-12-21-20(19)14-17(2)28-21/h3-5,7,9-12,14,16,28H,6,8,13,15H2,1-2H3,(H2,27,29,30,31,32). The van der Waals surface area contributed by atoms with E-state index in [1.54, 1.807) is 0 Å². The molecule has 0 bridgehead atoms. The summed E-state index contributed by atoms with van der Waals surface area (Å²) in [5, 5.41) is 7.35. The first-order chi connectivity index (χ1) is 15.6. The van der Waals surface area contributed by atoms with Gasteiger partial charge in [0.1, 0.15) is 5.82 Å². The van der Waals surface area contributed by atoms with Gasteiger partial charge in [0.05, 0.1) is 5.69 Å². The molecule has 6 nitrogen and oxygen atoms in total. The number of benzene rings is 2. The molecule has 0 aliphatic heterocycles. The van der Waals surface area contributed by atoms with Crippen LogP contribution in [-0.4, -0.2) is 20.9 Å². The summed E-state index contributed by atoms with van der Waals surface area (Å²) in [5.41, 5.74) is 5.96. The highest BCUT2D eigenvalue weighted by Crippen LogP contribution is 2.35. The molecule has 0 fully saturated rings. The van der Waals surface area contributed by atoms with E-state index in [9.17, 15) is 4.79 Å². The smallest absolute Gasteiger partial charge is 0.258 e. The van der Waals surface area contributed by atoms with Gasteiger partial charge in [0.15, 0.2) is 0 Å². The lowest BCUT2D eigenvalue weighted by molar-refractivity contribution is 0.102. The van der Waals surface area contributed by atoms with Gasteiger partial charge in [0.25, 0.3) is 5.91 Å². The minimum atomic E-state index is -0.201. The van der Waals surface area contributed by atoms with Gasteiger partial charge in [-0.25, -0.2) is 4.98 Å². The highest BCUT2D eigenvalue weighted by Gasteiger charge is 2.24. The van der Waals surface area contributed by atoms with E-state index in [1.807, 2.05) is 49.4 Å². The largest absolute Gasteiger partial charge is 0.366 e. The van der Waals surface area contributed by atoms with Crippen LogP contribution in [0.1, 0.15) is 58.6 Å². The summed E-state index contributed by atoms with van der Waals surface area (Å²) in [7, 11) is 0. The average molecular weight is 426 g/mol. The molecule has 32 heavy (non-hydrogen) atoms. The van der Waals surface area contributed by atoms with Gasteiger partial charge in [-0.3, -0.25) is 10.1 Å². The quantitative estimate of drug-likeness (QED) is 0.390. The fourth-order valence-corrected chi connectivity index (χ4v) is 4.58. The highest BCUT2D eigenvalue weighted by molar-refractivity contribution is 6.12. The van der Waals surface area contributed by atoms with Crippen molar-refractivity contribution in [1.29, 1.82) is 0 Å². The van der Waals surface area contributed by atoms with Crippen LogP contribution in [-0.2, 0) is 13.0 Å². The van der Waals surface area contributed by atoms with Gasteiger partial charge >= 0.3 is 0 Å². The number of carbonyl (C=O) groups excluding carboxylic acids is 1. The Kier molecular flexibility index (Phi) is 5.35. The average Bonchev–Trinajstić information content (AvgIpc) is 3.18. The predicted molar refractivity (Wildman–Crippen MR) is 128 cm³/mol. The second-order valence-corrected chi connectivity index (χ2v) is 8.56. The third kappa shape index (κ3) is 3.96. The molecular weight excluding hydrogens is 398 g/mol. The third-order valence-electron chi connectivity index (χ3n) is 6.14. The van der Waals surface area contributed by atoms with E-state index in [2.05, 4.69) is 34.7 Å². The Bertz CT molecular complexity index is 1280. The number of fused-ring (bicyclic) bond motifs is 2. The van der Waals surface area contributed by atoms with Crippen LogP contribution < -0.4 is 10.6 Å². The first-order valence-electron chi connectivity index (χ1n) is 11.2. The predicted octanol–water partition coefficient (Wildman–Crippen LogP) is 5.57. The number of H-pyrrole nitrogens is 1. The molecule has 2 heterocycles. The zero-order valence-corrected chi connectivity index (χ0v) is 18.4. The van der Waals surface area contributed by atoms with Gasteiger partial charge in [-0.2, -0.15) is 4.98 Å². The summed E-state index contributed by atoms with van der Waals surface area (Å²) in [6.45, 7) is 4.88. The zero-order chi connectivity index (χ0) is 22.1. The fraction of sp³-hybridized carbons (Fsp3) is 0.269. The van der Waals surface area contributed by atoms with Crippen LogP contribution in [0.25, 0.3) is 10.9 Å². The molecule has 0 spiro atoms. The molecule has 162 valence electrons. The Morgan fingerprint density at radius 3 is 2.81 bits per heavy atom. The summed E-state index contributed by atoms with van der Waals surface area (Å²) in [4.78, 5) is 25.9. The molecule has 1 aliphatic carbocycles. The van der Waals surface area contributed by atoms with Gasteiger partial charge in [0, 0.05) is 34.3 Å². The van der Waals surface area contributed by atoms with Crippen LogP contribution >= 0.6 is 0 Å². The number of hydrogen-bond donors (Lipinski definition) is 3. The SMILES string of the molecule is Cc1cc2c(C(=O)Nc3nc4c(c(NCc5ccccc5)n3)C(C)CCC4)cccc2[nH]1. The number of rotatable bonds is 5. The Labute approximate surface area is 187 Å². The van der Waals surface area contributed by atoms with E-state index >= 15 is 0 Å². The Morgan fingerprint density at radius 1 is 1.12 bits per heavy atom. The van der Waals surface area contributed by atoms with Gasteiger partial charge in [-0.1, -0.05) is 43.3 Å². The Morgan fingerprint density at radius 2 is 1.97 bits per heavy atom. The number of aromatic amines is 1. The van der Waals surface area contributed by atoms with E-state index in [1.165, 1.54) is 11.1 Å². The fourth-order valence-electron chi connectivity index (χ4n) is 4.58. The van der Waals surface area contributed by atoms with E-state index in [-0.39, 0.29) is 5.91 Å². The maximum Gasteiger partial charge on any atom is 0.258 e. The van der Waals surface area contributed by atoms with Gasteiger partial charge in [-0.05, 0) is 55.9 Å². The van der Waals surface area contributed by atoms with Crippen LogP contribution in [0.5, 0.6) is 0 Å². The monoisotopic (exact) mass is 425 g/mol. The molecule has 3 N–H and O–H groups in total. The van der Waals surface area contributed by atoms with Crippen molar-refractivity contribution in [2.24, 2.45) is 0 Å². The zero-order valence-electron chi connectivity index (χ0n) is 18.4. The first kappa shape index (κ1) is 20.2. The summed E-state index contributed by atoms with van der Waals surface area (Å²) in [5.74, 6) is 1.35. The van der Waals surface area contributed by atoms with E-state index in [0.717, 1.165) is 47.4 Å². The number of hydrogen-bond acceptors (Lipinski definition) is 4. The number of aryl methyl sites for hydroxylation is 2. The van der Waals surface area contributed by atoms with Crippen molar-refractivity contribution in [3.8, 4) is 0 Å². The minimum Gasteiger partial charge on any atom is -0.366 e. The van der Waals surface area contributed by atoms with Gasteiger partial charge in [-0.15, -0.1) is 0 Å². The van der Waals surface area contributed by atoms with Crippen LogP contribution in [0.15, 0.2) is 54.6 Å². The van der Waals surface area contributed by atoms with Crippen LogP contribution in [0.2, 0.25) is 0 Å². The van der Waals surface area contributed by atoms with Crippen molar-refractivity contribution >= 4 is 28.6 Å². The topological polar surface area (TPSA) is 82.7 Å². The van der Waals surface area contributed by atoms with E-state index < -0.39 is 0 Å². The summed E-state index contributed by atoms with van der Waals surface area (Å²) >= 11 is 0. The molecule has 2 aromatic carbocycles. The van der Waals surface area contributed by atoms with E-state index in [4.69, 9.17) is 9.97 Å².